The van der Waals surface area contributed by atoms with Crippen LogP contribution >= 0.6 is 0 Å². The number of benzene rings is 2. The van der Waals surface area contributed by atoms with Gasteiger partial charge in [0.25, 0.3) is 11.8 Å². The zero-order chi connectivity index (χ0) is 28.1. The fraction of sp³-hybridized carbons (Fsp3) is 0.370. The van der Waals surface area contributed by atoms with E-state index in [9.17, 15) is 26.7 Å². The second-order valence-corrected chi connectivity index (χ2v) is 9.81. The van der Waals surface area contributed by atoms with Crippen molar-refractivity contribution in [2.24, 2.45) is 0 Å². The Morgan fingerprint density at radius 1 is 1.10 bits per heavy atom. The molecule has 1 unspecified atom stereocenters. The van der Waals surface area contributed by atoms with Gasteiger partial charge in [0, 0.05) is 55.8 Å². The molecule has 2 N–H and O–H groups in total. The third-order valence-electron chi connectivity index (χ3n) is 6.96. The smallest absolute Gasteiger partial charge is 0.378 e. The first-order valence-electron chi connectivity index (χ1n) is 12.5. The highest BCUT2D eigenvalue weighted by atomic mass is 19.4. The van der Waals surface area contributed by atoms with Crippen LogP contribution in [0.5, 0.6) is 0 Å². The lowest BCUT2D eigenvalue weighted by Crippen LogP contribution is -2.40. The van der Waals surface area contributed by atoms with Crippen molar-refractivity contribution in [3.05, 3.63) is 65.0 Å². The fourth-order valence-electron chi connectivity index (χ4n) is 4.95. The summed E-state index contributed by atoms with van der Waals surface area (Å²) in [7, 11) is 1.53. The van der Waals surface area contributed by atoms with Crippen molar-refractivity contribution < 1.29 is 26.7 Å². The van der Waals surface area contributed by atoms with Gasteiger partial charge in [0.1, 0.15) is 5.65 Å². The first-order valence-corrected chi connectivity index (χ1v) is 12.5. The molecule has 1 atom stereocenters. The van der Waals surface area contributed by atoms with Gasteiger partial charge < -0.3 is 15.5 Å². The zero-order valence-corrected chi connectivity index (χ0v) is 21.5. The SMILES string of the molecule is CNC(=O)c1ccccc1NC(C)c1cc(C)cc2c1nc(N1CCC(F)(F)CC1)n1cc(C(F)(F)F)nc21. The molecule has 0 radical (unpaired) electrons. The first kappa shape index (κ1) is 26.6. The molecule has 1 saturated heterocycles. The minimum Gasteiger partial charge on any atom is -0.378 e. The van der Waals surface area contributed by atoms with Crippen LogP contribution < -0.4 is 15.5 Å². The van der Waals surface area contributed by atoms with Crippen molar-refractivity contribution >= 4 is 34.1 Å². The molecule has 1 fully saturated rings. The van der Waals surface area contributed by atoms with Crippen molar-refractivity contribution in [2.45, 2.75) is 44.8 Å². The Balaban J connectivity index is 1.68. The maximum atomic E-state index is 13.9. The molecule has 12 heteroatoms. The van der Waals surface area contributed by atoms with Gasteiger partial charge in [-0.3, -0.25) is 9.20 Å². The predicted molar refractivity (Wildman–Crippen MR) is 138 cm³/mol. The Labute approximate surface area is 221 Å². The van der Waals surface area contributed by atoms with Gasteiger partial charge in [-0.1, -0.05) is 18.2 Å². The predicted octanol–water partition coefficient (Wildman–Crippen LogP) is 5.98. The summed E-state index contributed by atoms with van der Waals surface area (Å²) in [6, 6.07) is 10.1. The number of aryl methyl sites for hydroxylation is 1. The molecule has 0 spiro atoms. The van der Waals surface area contributed by atoms with Gasteiger partial charge in [0.15, 0.2) is 5.69 Å². The van der Waals surface area contributed by atoms with E-state index in [-0.39, 0.29) is 30.6 Å². The molecule has 2 aromatic carbocycles. The number of nitrogens with zero attached hydrogens (tertiary/aromatic N) is 4. The van der Waals surface area contributed by atoms with Crippen LogP contribution in [0.1, 0.15) is 53.0 Å². The number of fused-ring (bicyclic) bond motifs is 3. The zero-order valence-electron chi connectivity index (χ0n) is 21.5. The first-order chi connectivity index (χ1) is 18.4. The third-order valence-corrected chi connectivity index (χ3v) is 6.96. The molecule has 5 rings (SSSR count). The topological polar surface area (TPSA) is 74.6 Å². The fourth-order valence-corrected chi connectivity index (χ4v) is 4.95. The summed E-state index contributed by atoms with van der Waals surface area (Å²) in [6.07, 6.45) is -4.68. The highest BCUT2D eigenvalue weighted by Crippen LogP contribution is 2.37. The average Bonchev–Trinajstić information content (AvgIpc) is 3.35. The standard InChI is InChI=1S/C27H27F5N6O/c1-15-12-18(16(2)34-20-7-5-4-6-17(20)24(39)33-3)22-19(13-15)23-35-21(27(30,31)32)14-38(23)25(36-22)37-10-8-26(28,29)9-11-37/h4-7,12-14,16,34H,8-11H2,1-3H3,(H,33,39). The largest absolute Gasteiger partial charge is 0.434 e. The van der Waals surface area contributed by atoms with E-state index >= 15 is 0 Å². The summed E-state index contributed by atoms with van der Waals surface area (Å²) in [4.78, 5) is 22.7. The molecule has 39 heavy (non-hydrogen) atoms. The lowest BCUT2D eigenvalue weighted by atomic mass is 10.00. The van der Waals surface area contributed by atoms with Gasteiger partial charge in [-0.05, 0) is 37.6 Å². The van der Waals surface area contributed by atoms with Crippen LogP contribution in [-0.4, -0.2) is 46.3 Å². The maximum Gasteiger partial charge on any atom is 0.434 e. The molecule has 2 aromatic heterocycles. The second kappa shape index (κ2) is 9.65. The normalized spacial score (nSPS) is 16.5. The van der Waals surface area contributed by atoms with E-state index in [4.69, 9.17) is 4.98 Å². The van der Waals surface area contributed by atoms with E-state index < -0.39 is 36.7 Å². The van der Waals surface area contributed by atoms with E-state index in [0.29, 0.717) is 27.7 Å². The number of anilines is 2. The monoisotopic (exact) mass is 546 g/mol. The van der Waals surface area contributed by atoms with Crippen molar-refractivity contribution in [3.63, 3.8) is 0 Å². The van der Waals surface area contributed by atoms with Crippen LogP contribution in [0.15, 0.2) is 42.6 Å². The second-order valence-electron chi connectivity index (χ2n) is 9.81. The van der Waals surface area contributed by atoms with Gasteiger partial charge >= 0.3 is 6.18 Å². The molecule has 1 aliphatic rings. The Bertz CT molecular complexity index is 1550. The molecular formula is C27H27F5N6O. The van der Waals surface area contributed by atoms with E-state index in [0.717, 1.165) is 11.8 Å². The van der Waals surface area contributed by atoms with Gasteiger partial charge in [-0.2, -0.15) is 13.2 Å². The lowest BCUT2D eigenvalue weighted by molar-refractivity contribution is -0.140. The number of carbonyl (C=O) groups is 1. The number of rotatable bonds is 5. The van der Waals surface area contributed by atoms with Crippen LogP contribution in [0.2, 0.25) is 0 Å². The number of halogens is 5. The van der Waals surface area contributed by atoms with Crippen LogP contribution in [0.4, 0.5) is 33.6 Å². The Kier molecular flexibility index (Phi) is 6.59. The molecule has 0 bridgehead atoms. The Morgan fingerprint density at radius 3 is 2.46 bits per heavy atom. The van der Waals surface area contributed by atoms with E-state index in [1.165, 1.54) is 11.4 Å². The van der Waals surface area contributed by atoms with Crippen molar-refractivity contribution in [2.75, 3.05) is 30.4 Å². The number of hydrogen-bond donors (Lipinski definition) is 2. The summed E-state index contributed by atoms with van der Waals surface area (Å²) in [5, 5.41) is 6.33. The van der Waals surface area contributed by atoms with E-state index in [1.54, 1.807) is 35.2 Å². The van der Waals surface area contributed by atoms with E-state index in [1.807, 2.05) is 19.9 Å². The summed E-state index contributed by atoms with van der Waals surface area (Å²) >= 11 is 0. The van der Waals surface area contributed by atoms with Gasteiger partial charge in [-0.15, -0.1) is 0 Å². The molecule has 1 aliphatic heterocycles. The Hall–Kier alpha value is -3.96. The Morgan fingerprint density at radius 2 is 1.79 bits per heavy atom. The van der Waals surface area contributed by atoms with Crippen molar-refractivity contribution in [3.8, 4) is 0 Å². The van der Waals surface area contributed by atoms with Gasteiger partial charge in [-0.25, -0.2) is 18.7 Å². The summed E-state index contributed by atoms with van der Waals surface area (Å²) in [5.74, 6) is -2.99. The highest BCUT2D eigenvalue weighted by molar-refractivity contribution is 6.00. The van der Waals surface area contributed by atoms with Crippen LogP contribution in [0.3, 0.4) is 0 Å². The van der Waals surface area contributed by atoms with Crippen LogP contribution in [0, 0.1) is 6.92 Å². The molecular weight excluding hydrogens is 519 g/mol. The molecule has 7 nitrogen and oxygen atoms in total. The summed E-state index contributed by atoms with van der Waals surface area (Å²) < 4.78 is 70.2. The lowest BCUT2D eigenvalue weighted by Gasteiger charge is -2.33. The quantitative estimate of drug-likeness (QED) is 0.302. The molecule has 206 valence electrons. The molecule has 1 amide bonds. The number of aromatic nitrogens is 3. The highest BCUT2D eigenvalue weighted by Gasteiger charge is 2.37. The van der Waals surface area contributed by atoms with Crippen molar-refractivity contribution in [1.29, 1.82) is 0 Å². The van der Waals surface area contributed by atoms with Gasteiger partial charge in [0.2, 0.25) is 5.95 Å². The summed E-state index contributed by atoms with van der Waals surface area (Å²) in [6.45, 7) is 3.55. The van der Waals surface area contributed by atoms with Crippen LogP contribution in [0.25, 0.3) is 16.6 Å². The van der Waals surface area contributed by atoms with E-state index in [2.05, 4.69) is 15.6 Å². The summed E-state index contributed by atoms with van der Waals surface area (Å²) in [5.41, 5.74) is 1.79. The average molecular weight is 547 g/mol. The number of hydrogen-bond acceptors (Lipinski definition) is 5. The number of carbonyl (C=O) groups excluding carboxylic acids is 1. The number of para-hydroxylation sites is 1. The number of imidazole rings is 1. The minimum atomic E-state index is -4.70. The minimum absolute atomic E-state index is 0.0440. The molecule has 3 heterocycles. The van der Waals surface area contributed by atoms with Crippen molar-refractivity contribution in [1.82, 2.24) is 19.7 Å². The number of nitrogens with one attached hydrogen (secondary N) is 2. The third kappa shape index (κ3) is 5.07. The number of alkyl halides is 5. The molecule has 0 aliphatic carbocycles. The van der Waals surface area contributed by atoms with Crippen LogP contribution in [-0.2, 0) is 6.18 Å². The maximum absolute atomic E-state index is 13.9. The molecule has 0 saturated carbocycles. The molecule has 4 aromatic rings. The van der Waals surface area contributed by atoms with Gasteiger partial charge in [0.05, 0.1) is 17.1 Å². The number of amides is 1. The number of piperidine rings is 1.